The zero-order valence-corrected chi connectivity index (χ0v) is 12.6. The Kier molecular flexibility index (Phi) is 4.97. The largest absolute Gasteiger partial charge is 0.497 e. The zero-order valence-electron chi connectivity index (χ0n) is 12.6. The molecule has 1 aromatic carbocycles. The smallest absolute Gasteiger partial charge is 0.119 e. The van der Waals surface area contributed by atoms with Crippen LogP contribution < -0.4 is 10.1 Å². The van der Waals surface area contributed by atoms with Crippen LogP contribution in [-0.4, -0.2) is 20.2 Å². The maximum Gasteiger partial charge on any atom is 0.119 e. The summed E-state index contributed by atoms with van der Waals surface area (Å²) < 4.78 is 5.26. The minimum atomic E-state index is -0.329. The van der Waals surface area contributed by atoms with Crippen LogP contribution in [0.4, 0.5) is 0 Å². The molecular weight excluding hydrogens is 236 g/mol. The molecule has 0 heterocycles. The molecule has 1 aromatic rings. The van der Waals surface area contributed by atoms with E-state index >= 15 is 0 Å². The van der Waals surface area contributed by atoms with Crippen LogP contribution in [0.3, 0.4) is 0 Å². The highest BCUT2D eigenvalue weighted by atomic mass is 16.5. The van der Waals surface area contributed by atoms with Crippen LogP contribution in [0.25, 0.3) is 0 Å². The van der Waals surface area contributed by atoms with Crippen LogP contribution in [0.5, 0.6) is 5.75 Å². The summed E-state index contributed by atoms with van der Waals surface area (Å²) in [6.45, 7) is 9.78. The van der Waals surface area contributed by atoms with Gasteiger partial charge in [0.15, 0.2) is 0 Å². The average Bonchev–Trinajstić information content (AvgIpc) is 2.38. The Bertz CT molecular complexity index is 458. The Hall–Kier alpha value is -1.53. The highest BCUT2D eigenvalue weighted by Gasteiger charge is 2.23. The fraction of sp³-hybridized carbons (Fsp3) is 0.562. The normalized spacial score (nSPS) is 12.0. The Morgan fingerprint density at radius 2 is 1.89 bits per heavy atom. The molecule has 0 aliphatic carbocycles. The number of hydrogen-bond donors (Lipinski definition) is 1. The highest BCUT2D eigenvalue weighted by molar-refractivity contribution is 5.33. The molecule has 1 N–H and O–H groups in total. The van der Waals surface area contributed by atoms with Crippen molar-refractivity contribution >= 4 is 0 Å². The number of nitrogens with zero attached hydrogens (tertiary/aromatic N) is 1. The summed E-state index contributed by atoms with van der Waals surface area (Å²) in [6, 6.07) is 10.4. The van der Waals surface area contributed by atoms with Gasteiger partial charge >= 0.3 is 0 Å². The van der Waals surface area contributed by atoms with Gasteiger partial charge in [0.1, 0.15) is 5.75 Å². The molecule has 0 bridgehead atoms. The minimum Gasteiger partial charge on any atom is -0.497 e. The van der Waals surface area contributed by atoms with Gasteiger partial charge < -0.3 is 10.1 Å². The first-order valence-electron chi connectivity index (χ1n) is 6.57. The standard InChI is InChI=1S/C16H24N2O/c1-15(2,10-17)11-18-12-16(3,4)13-7-6-8-14(9-13)19-5/h6-9,18H,11-12H2,1-5H3. The van der Waals surface area contributed by atoms with Gasteiger partial charge in [0.25, 0.3) is 0 Å². The molecule has 3 heteroatoms. The van der Waals surface area contributed by atoms with Gasteiger partial charge in [-0.1, -0.05) is 26.0 Å². The monoisotopic (exact) mass is 260 g/mol. The number of hydrogen-bond acceptors (Lipinski definition) is 3. The van der Waals surface area contributed by atoms with E-state index in [1.807, 2.05) is 26.0 Å². The summed E-state index contributed by atoms with van der Waals surface area (Å²) in [5.41, 5.74) is 0.902. The van der Waals surface area contributed by atoms with E-state index in [1.54, 1.807) is 7.11 Å². The quantitative estimate of drug-likeness (QED) is 0.854. The second-order valence-corrected chi connectivity index (χ2v) is 6.22. The third-order valence-corrected chi connectivity index (χ3v) is 3.29. The SMILES string of the molecule is COc1cccc(C(C)(C)CNCC(C)(C)C#N)c1. The van der Waals surface area contributed by atoms with Crippen molar-refractivity contribution in [2.45, 2.75) is 33.1 Å². The zero-order chi connectivity index (χ0) is 14.5. The Morgan fingerprint density at radius 3 is 2.47 bits per heavy atom. The molecule has 0 saturated heterocycles. The van der Waals surface area contributed by atoms with Crippen molar-refractivity contribution in [3.63, 3.8) is 0 Å². The molecule has 19 heavy (non-hydrogen) atoms. The lowest BCUT2D eigenvalue weighted by Gasteiger charge is -2.28. The molecule has 0 atom stereocenters. The summed E-state index contributed by atoms with van der Waals surface area (Å²) in [6.07, 6.45) is 0. The lowest BCUT2D eigenvalue weighted by Crippen LogP contribution is -2.37. The van der Waals surface area contributed by atoms with Crippen LogP contribution in [-0.2, 0) is 5.41 Å². The molecule has 0 aliphatic heterocycles. The first kappa shape index (κ1) is 15.5. The third kappa shape index (κ3) is 4.57. The summed E-state index contributed by atoms with van der Waals surface area (Å²) in [4.78, 5) is 0. The van der Waals surface area contributed by atoms with Gasteiger partial charge in [-0.3, -0.25) is 0 Å². The van der Waals surface area contributed by atoms with Crippen LogP contribution in [0.1, 0.15) is 33.3 Å². The maximum atomic E-state index is 9.00. The van der Waals surface area contributed by atoms with E-state index in [9.17, 15) is 0 Å². The van der Waals surface area contributed by atoms with E-state index in [4.69, 9.17) is 10.00 Å². The van der Waals surface area contributed by atoms with Gasteiger partial charge in [-0.25, -0.2) is 0 Å². The van der Waals surface area contributed by atoms with Gasteiger partial charge in [0.05, 0.1) is 18.6 Å². The fourth-order valence-electron chi connectivity index (χ4n) is 1.87. The number of benzene rings is 1. The summed E-state index contributed by atoms with van der Waals surface area (Å²) in [5.74, 6) is 0.878. The Labute approximate surface area is 116 Å². The van der Waals surface area contributed by atoms with Crippen molar-refractivity contribution in [3.8, 4) is 11.8 Å². The maximum absolute atomic E-state index is 9.00. The highest BCUT2D eigenvalue weighted by Crippen LogP contribution is 2.26. The Balaban J connectivity index is 2.68. The Morgan fingerprint density at radius 1 is 1.21 bits per heavy atom. The van der Waals surface area contributed by atoms with Gasteiger partial charge in [-0.15, -0.1) is 0 Å². The molecule has 0 saturated carbocycles. The predicted molar refractivity (Wildman–Crippen MR) is 78.3 cm³/mol. The molecule has 0 aliphatic rings. The molecule has 3 nitrogen and oxygen atoms in total. The van der Waals surface area contributed by atoms with Crippen molar-refractivity contribution < 1.29 is 4.74 Å². The number of nitriles is 1. The van der Waals surface area contributed by atoms with E-state index in [0.717, 1.165) is 12.3 Å². The van der Waals surface area contributed by atoms with Crippen molar-refractivity contribution in [3.05, 3.63) is 29.8 Å². The second-order valence-electron chi connectivity index (χ2n) is 6.22. The van der Waals surface area contributed by atoms with Gasteiger partial charge in [0, 0.05) is 18.5 Å². The van der Waals surface area contributed by atoms with Crippen LogP contribution in [0, 0.1) is 16.7 Å². The average molecular weight is 260 g/mol. The molecule has 1 rings (SSSR count). The van der Waals surface area contributed by atoms with Gasteiger partial charge in [0.2, 0.25) is 0 Å². The lowest BCUT2D eigenvalue weighted by atomic mass is 9.84. The van der Waals surface area contributed by atoms with E-state index in [1.165, 1.54) is 5.56 Å². The first-order valence-corrected chi connectivity index (χ1v) is 6.57. The summed E-state index contributed by atoms with van der Waals surface area (Å²) >= 11 is 0. The van der Waals surface area contributed by atoms with Gasteiger partial charge in [-0.05, 0) is 31.5 Å². The van der Waals surface area contributed by atoms with E-state index < -0.39 is 0 Å². The first-order chi connectivity index (χ1) is 8.80. The lowest BCUT2D eigenvalue weighted by molar-refractivity contribution is 0.392. The molecule has 104 valence electrons. The molecule has 0 unspecified atom stereocenters. The number of rotatable bonds is 6. The number of methoxy groups -OCH3 is 1. The number of ether oxygens (including phenoxy) is 1. The predicted octanol–water partition coefficient (Wildman–Crippen LogP) is 3.11. The van der Waals surface area contributed by atoms with Crippen molar-refractivity contribution in [2.24, 2.45) is 5.41 Å². The molecule has 0 fully saturated rings. The molecule has 0 aromatic heterocycles. The van der Waals surface area contributed by atoms with Crippen LogP contribution in [0.2, 0.25) is 0 Å². The number of nitrogens with one attached hydrogen (secondary N) is 1. The molecular formula is C16H24N2O. The summed E-state index contributed by atoms with van der Waals surface area (Å²) in [7, 11) is 1.68. The van der Waals surface area contributed by atoms with Crippen molar-refractivity contribution in [1.29, 1.82) is 5.26 Å². The van der Waals surface area contributed by atoms with Crippen molar-refractivity contribution in [1.82, 2.24) is 5.32 Å². The fourth-order valence-corrected chi connectivity index (χ4v) is 1.87. The molecule has 0 spiro atoms. The third-order valence-electron chi connectivity index (χ3n) is 3.29. The van der Waals surface area contributed by atoms with E-state index in [0.29, 0.717) is 6.54 Å². The second kappa shape index (κ2) is 6.08. The molecule has 0 radical (unpaired) electrons. The summed E-state index contributed by atoms with van der Waals surface area (Å²) in [5, 5.41) is 12.4. The van der Waals surface area contributed by atoms with E-state index in [2.05, 4.69) is 37.4 Å². The van der Waals surface area contributed by atoms with Crippen molar-refractivity contribution in [2.75, 3.05) is 20.2 Å². The van der Waals surface area contributed by atoms with Crippen LogP contribution in [0.15, 0.2) is 24.3 Å². The van der Waals surface area contributed by atoms with Gasteiger partial charge in [-0.2, -0.15) is 5.26 Å². The minimum absolute atomic E-state index is 0.0000751. The molecule has 0 amide bonds. The topological polar surface area (TPSA) is 45.0 Å². The van der Waals surface area contributed by atoms with E-state index in [-0.39, 0.29) is 10.8 Å². The van der Waals surface area contributed by atoms with Crippen LogP contribution >= 0.6 is 0 Å².